The molecule has 1 aliphatic heterocycles. The number of nitrogens with one attached hydrogen (secondary N) is 2. The Morgan fingerprint density at radius 2 is 2.04 bits per heavy atom. The number of esters is 1. The minimum absolute atomic E-state index is 0.00615. The van der Waals surface area contributed by atoms with E-state index >= 15 is 0 Å². The van der Waals surface area contributed by atoms with Gasteiger partial charge in [-0.1, -0.05) is 6.07 Å². The highest BCUT2D eigenvalue weighted by Crippen LogP contribution is 2.34. The van der Waals surface area contributed by atoms with E-state index in [0.717, 1.165) is 25.7 Å². The van der Waals surface area contributed by atoms with E-state index < -0.39 is 18.0 Å². The molecule has 1 atom stereocenters. The number of ether oxygens (including phenoxy) is 2. The highest BCUT2D eigenvalue weighted by atomic mass is 16.5. The van der Waals surface area contributed by atoms with Crippen molar-refractivity contribution in [3.63, 3.8) is 0 Å². The molecule has 3 N–H and O–H groups in total. The van der Waals surface area contributed by atoms with Crippen LogP contribution >= 0.6 is 0 Å². The molecule has 0 bridgehead atoms. The molecule has 1 fully saturated rings. The SMILES string of the molecule is CCOc1cc(C2NC(=O)NC(C)=C2C(=O)OC2CCCC2)ccc1O. The van der Waals surface area contributed by atoms with Crippen LogP contribution in [-0.4, -0.2) is 29.8 Å². The number of phenolic OH excluding ortho intramolecular Hbond substituents is 1. The van der Waals surface area contributed by atoms with Crippen molar-refractivity contribution >= 4 is 12.0 Å². The zero-order chi connectivity index (χ0) is 18.7. The Bertz CT molecular complexity index is 737. The van der Waals surface area contributed by atoms with Crippen LogP contribution in [0.4, 0.5) is 4.79 Å². The number of aromatic hydroxyl groups is 1. The molecule has 7 nitrogen and oxygen atoms in total. The number of hydrogen-bond acceptors (Lipinski definition) is 5. The standard InChI is InChI=1S/C19H24N2O5/c1-3-25-15-10-12(8-9-14(15)22)17-16(11(2)20-19(24)21-17)18(23)26-13-6-4-5-7-13/h8-10,13,17,22H,3-7H2,1-2H3,(H2,20,21,24). The van der Waals surface area contributed by atoms with Gasteiger partial charge in [0.25, 0.3) is 0 Å². The van der Waals surface area contributed by atoms with Crippen LogP contribution in [0.25, 0.3) is 0 Å². The van der Waals surface area contributed by atoms with Crippen molar-refractivity contribution in [1.29, 1.82) is 0 Å². The lowest BCUT2D eigenvalue weighted by Crippen LogP contribution is -2.45. The normalized spacial score (nSPS) is 20.5. The maximum absolute atomic E-state index is 12.8. The van der Waals surface area contributed by atoms with Gasteiger partial charge in [0.05, 0.1) is 18.2 Å². The molecule has 0 aromatic heterocycles. The number of phenols is 1. The van der Waals surface area contributed by atoms with Crippen molar-refractivity contribution in [3.8, 4) is 11.5 Å². The lowest BCUT2D eigenvalue weighted by Gasteiger charge is -2.29. The fraction of sp³-hybridized carbons (Fsp3) is 0.474. The van der Waals surface area contributed by atoms with E-state index in [-0.39, 0.29) is 11.9 Å². The summed E-state index contributed by atoms with van der Waals surface area (Å²) in [4.78, 5) is 24.7. The van der Waals surface area contributed by atoms with E-state index in [1.165, 1.54) is 6.07 Å². The molecule has 1 aromatic rings. The van der Waals surface area contributed by atoms with Crippen LogP contribution in [0.1, 0.15) is 51.1 Å². The van der Waals surface area contributed by atoms with Gasteiger partial charge in [-0.2, -0.15) is 0 Å². The number of allylic oxidation sites excluding steroid dienone is 1. The smallest absolute Gasteiger partial charge is 0.338 e. The Morgan fingerprint density at radius 3 is 2.73 bits per heavy atom. The van der Waals surface area contributed by atoms with Crippen LogP contribution in [0.3, 0.4) is 0 Å². The minimum atomic E-state index is -0.669. The van der Waals surface area contributed by atoms with Gasteiger partial charge in [0.1, 0.15) is 6.10 Å². The summed E-state index contributed by atoms with van der Waals surface area (Å²) >= 11 is 0. The van der Waals surface area contributed by atoms with E-state index in [0.29, 0.717) is 29.2 Å². The van der Waals surface area contributed by atoms with Crippen LogP contribution < -0.4 is 15.4 Å². The molecule has 2 aliphatic rings. The van der Waals surface area contributed by atoms with Crippen molar-refractivity contribution in [2.45, 2.75) is 51.7 Å². The topological polar surface area (TPSA) is 96.9 Å². The molecule has 3 rings (SSSR count). The number of amides is 2. The van der Waals surface area contributed by atoms with E-state index in [1.807, 2.05) is 6.92 Å². The molecule has 0 saturated heterocycles. The molecular formula is C19H24N2O5. The van der Waals surface area contributed by atoms with Gasteiger partial charge in [-0.25, -0.2) is 9.59 Å². The highest BCUT2D eigenvalue weighted by Gasteiger charge is 2.34. The fourth-order valence-corrected chi connectivity index (χ4v) is 3.42. The monoisotopic (exact) mass is 360 g/mol. The third-order valence-electron chi connectivity index (χ3n) is 4.68. The number of rotatable bonds is 5. The first-order valence-electron chi connectivity index (χ1n) is 8.94. The van der Waals surface area contributed by atoms with Gasteiger partial charge in [0.15, 0.2) is 11.5 Å². The first-order valence-corrected chi connectivity index (χ1v) is 8.94. The van der Waals surface area contributed by atoms with E-state index in [9.17, 15) is 14.7 Å². The van der Waals surface area contributed by atoms with Crippen LogP contribution in [0.5, 0.6) is 11.5 Å². The summed E-state index contributed by atoms with van der Waals surface area (Å²) in [7, 11) is 0. The average Bonchev–Trinajstić information content (AvgIpc) is 3.09. The average molecular weight is 360 g/mol. The lowest BCUT2D eigenvalue weighted by atomic mass is 9.95. The van der Waals surface area contributed by atoms with Crippen molar-refractivity contribution in [2.75, 3.05) is 6.61 Å². The molecule has 140 valence electrons. The molecule has 0 spiro atoms. The molecular weight excluding hydrogens is 336 g/mol. The Morgan fingerprint density at radius 1 is 1.31 bits per heavy atom. The zero-order valence-corrected chi connectivity index (χ0v) is 15.0. The van der Waals surface area contributed by atoms with Gasteiger partial charge in [-0.3, -0.25) is 0 Å². The van der Waals surface area contributed by atoms with E-state index in [1.54, 1.807) is 19.1 Å². The summed E-state index contributed by atoms with van der Waals surface area (Å²) in [5, 5.41) is 15.3. The molecule has 0 radical (unpaired) electrons. The summed E-state index contributed by atoms with van der Waals surface area (Å²) in [6.07, 6.45) is 3.79. The second-order valence-electron chi connectivity index (χ2n) is 6.54. The molecule has 1 aliphatic carbocycles. The molecule has 1 saturated carbocycles. The zero-order valence-electron chi connectivity index (χ0n) is 15.0. The van der Waals surface area contributed by atoms with Gasteiger partial charge in [0, 0.05) is 5.70 Å². The first-order chi connectivity index (χ1) is 12.5. The van der Waals surface area contributed by atoms with Crippen LogP contribution in [0.15, 0.2) is 29.5 Å². The third-order valence-corrected chi connectivity index (χ3v) is 4.68. The Kier molecular flexibility index (Phi) is 5.35. The van der Waals surface area contributed by atoms with Crippen LogP contribution in [-0.2, 0) is 9.53 Å². The predicted molar refractivity (Wildman–Crippen MR) is 94.7 cm³/mol. The van der Waals surface area contributed by atoms with Gasteiger partial charge in [0.2, 0.25) is 0 Å². The lowest BCUT2D eigenvalue weighted by molar-refractivity contribution is -0.144. The molecule has 1 heterocycles. The van der Waals surface area contributed by atoms with Crippen molar-refractivity contribution in [3.05, 3.63) is 35.0 Å². The fourth-order valence-electron chi connectivity index (χ4n) is 3.42. The summed E-state index contributed by atoms with van der Waals surface area (Å²) in [5.74, 6) is -0.122. The maximum Gasteiger partial charge on any atom is 0.338 e. The Hall–Kier alpha value is -2.70. The highest BCUT2D eigenvalue weighted by molar-refractivity contribution is 5.95. The van der Waals surface area contributed by atoms with Gasteiger partial charge in [-0.05, 0) is 57.2 Å². The largest absolute Gasteiger partial charge is 0.504 e. The quantitative estimate of drug-likeness (QED) is 0.702. The number of benzene rings is 1. The predicted octanol–water partition coefficient (Wildman–Crippen LogP) is 2.90. The summed E-state index contributed by atoms with van der Waals surface area (Å²) in [6, 6.07) is 3.72. The first kappa shape index (κ1) is 18.1. The summed E-state index contributed by atoms with van der Waals surface area (Å²) < 4.78 is 11.1. The summed E-state index contributed by atoms with van der Waals surface area (Å²) in [5.41, 5.74) is 1.47. The molecule has 7 heteroatoms. The number of urea groups is 1. The summed E-state index contributed by atoms with van der Waals surface area (Å²) in [6.45, 7) is 3.88. The Balaban J connectivity index is 1.92. The minimum Gasteiger partial charge on any atom is -0.504 e. The van der Waals surface area contributed by atoms with Gasteiger partial charge >= 0.3 is 12.0 Å². The van der Waals surface area contributed by atoms with Gasteiger partial charge in [-0.15, -0.1) is 0 Å². The van der Waals surface area contributed by atoms with Gasteiger partial charge < -0.3 is 25.2 Å². The van der Waals surface area contributed by atoms with Crippen LogP contribution in [0.2, 0.25) is 0 Å². The molecule has 1 aromatic carbocycles. The van der Waals surface area contributed by atoms with Crippen molar-refractivity contribution in [2.24, 2.45) is 0 Å². The second kappa shape index (κ2) is 7.68. The van der Waals surface area contributed by atoms with E-state index in [4.69, 9.17) is 9.47 Å². The van der Waals surface area contributed by atoms with E-state index in [2.05, 4.69) is 10.6 Å². The second-order valence-corrected chi connectivity index (χ2v) is 6.54. The maximum atomic E-state index is 12.8. The number of hydrogen-bond donors (Lipinski definition) is 3. The van der Waals surface area contributed by atoms with Crippen LogP contribution in [0, 0.1) is 0 Å². The number of carbonyl (C=O) groups is 2. The molecule has 1 unspecified atom stereocenters. The van der Waals surface area contributed by atoms with Crippen molar-refractivity contribution in [1.82, 2.24) is 10.6 Å². The van der Waals surface area contributed by atoms with Crippen molar-refractivity contribution < 1.29 is 24.2 Å². The molecule has 2 amide bonds. The molecule has 26 heavy (non-hydrogen) atoms. The third kappa shape index (κ3) is 3.76. The number of carbonyl (C=O) groups excluding carboxylic acids is 2. The Labute approximate surface area is 152 Å².